The monoisotopic (exact) mass is 399 g/mol. The highest BCUT2D eigenvalue weighted by atomic mass is 19.1. The van der Waals surface area contributed by atoms with Crippen LogP contribution in [-0.2, 0) is 16.7 Å². The molecule has 156 valence electrons. The van der Waals surface area contributed by atoms with Crippen LogP contribution in [0.25, 0.3) is 0 Å². The molecule has 0 aromatic heterocycles. The SMILES string of the molecule is CN=C(NCC1(c2cccc(F)c2)CCOCC1)N(C)Cc1ccccc1OC. The van der Waals surface area contributed by atoms with Gasteiger partial charge in [0.2, 0.25) is 0 Å². The van der Waals surface area contributed by atoms with Gasteiger partial charge in [-0.25, -0.2) is 4.39 Å². The summed E-state index contributed by atoms with van der Waals surface area (Å²) in [6, 6.07) is 14.9. The maximum absolute atomic E-state index is 13.9. The second-order valence-corrected chi connectivity index (χ2v) is 7.47. The molecule has 0 radical (unpaired) electrons. The third-order valence-electron chi connectivity index (χ3n) is 5.65. The minimum absolute atomic E-state index is 0.179. The van der Waals surface area contributed by atoms with Gasteiger partial charge >= 0.3 is 0 Å². The number of rotatable bonds is 6. The first-order chi connectivity index (χ1) is 14.1. The van der Waals surface area contributed by atoms with Crippen LogP contribution in [0.5, 0.6) is 5.75 Å². The van der Waals surface area contributed by atoms with E-state index < -0.39 is 0 Å². The Hall–Kier alpha value is -2.60. The fourth-order valence-electron chi connectivity index (χ4n) is 3.94. The summed E-state index contributed by atoms with van der Waals surface area (Å²) < 4.78 is 25.0. The van der Waals surface area contributed by atoms with Gasteiger partial charge in [0.1, 0.15) is 11.6 Å². The molecular formula is C23H30FN3O2. The Morgan fingerprint density at radius 2 is 1.97 bits per heavy atom. The lowest BCUT2D eigenvalue weighted by Crippen LogP contribution is -2.48. The molecule has 0 spiro atoms. The molecule has 0 saturated carbocycles. The summed E-state index contributed by atoms with van der Waals surface area (Å²) in [7, 11) is 5.46. The number of hydrogen-bond donors (Lipinski definition) is 1. The van der Waals surface area contributed by atoms with Crippen LogP contribution in [0.15, 0.2) is 53.5 Å². The van der Waals surface area contributed by atoms with Crippen molar-refractivity contribution < 1.29 is 13.9 Å². The van der Waals surface area contributed by atoms with Crippen molar-refractivity contribution in [3.05, 3.63) is 65.5 Å². The fraction of sp³-hybridized carbons (Fsp3) is 0.435. The zero-order valence-corrected chi connectivity index (χ0v) is 17.5. The molecule has 0 amide bonds. The number of para-hydroxylation sites is 1. The van der Waals surface area contributed by atoms with Crippen molar-refractivity contribution in [2.75, 3.05) is 41.0 Å². The Kier molecular flexibility index (Phi) is 7.09. The summed E-state index contributed by atoms with van der Waals surface area (Å²) >= 11 is 0. The standard InChI is InChI=1S/C23H30FN3O2/c1-25-22(27(2)16-18-7-4-5-10-21(18)28-3)26-17-23(11-13-29-14-12-23)19-8-6-9-20(24)15-19/h4-10,15H,11-14,16-17H2,1-3H3,(H,25,26). The van der Waals surface area contributed by atoms with Gasteiger partial charge in [-0.15, -0.1) is 0 Å². The van der Waals surface area contributed by atoms with E-state index >= 15 is 0 Å². The molecule has 5 nitrogen and oxygen atoms in total. The summed E-state index contributed by atoms with van der Waals surface area (Å²) in [5, 5.41) is 3.51. The van der Waals surface area contributed by atoms with E-state index in [1.54, 1.807) is 26.3 Å². The van der Waals surface area contributed by atoms with Gasteiger partial charge in [-0.05, 0) is 36.6 Å². The van der Waals surface area contributed by atoms with Crippen LogP contribution in [0.2, 0.25) is 0 Å². The van der Waals surface area contributed by atoms with Crippen LogP contribution >= 0.6 is 0 Å². The molecule has 2 aromatic carbocycles. The smallest absolute Gasteiger partial charge is 0.193 e. The van der Waals surface area contributed by atoms with Gasteiger partial charge in [0.15, 0.2) is 5.96 Å². The first-order valence-electron chi connectivity index (χ1n) is 9.95. The van der Waals surface area contributed by atoms with E-state index in [-0.39, 0.29) is 11.2 Å². The Balaban J connectivity index is 1.73. The van der Waals surface area contributed by atoms with Crippen LogP contribution in [0.1, 0.15) is 24.0 Å². The fourth-order valence-corrected chi connectivity index (χ4v) is 3.94. The van der Waals surface area contributed by atoms with E-state index in [1.165, 1.54) is 6.07 Å². The number of benzene rings is 2. The van der Waals surface area contributed by atoms with E-state index in [4.69, 9.17) is 9.47 Å². The van der Waals surface area contributed by atoms with Crippen molar-refractivity contribution in [1.82, 2.24) is 10.2 Å². The van der Waals surface area contributed by atoms with Crippen LogP contribution in [0, 0.1) is 5.82 Å². The van der Waals surface area contributed by atoms with Gasteiger partial charge in [-0.2, -0.15) is 0 Å². The maximum Gasteiger partial charge on any atom is 0.193 e. The number of hydrogen-bond acceptors (Lipinski definition) is 3. The van der Waals surface area contributed by atoms with Crippen LogP contribution in [-0.4, -0.2) is 51.8 Å². The Morgan fingerprint density at radius 3 is 2.66 bits per heavy atom. The van der Waals surface area contributed by atoms with E-state index in [0.29, 0.717) is 26.3 Å². The zero-order chi connectivity index (χ0) is 20.7. The number of nitrogens with one attached hydrogen (secondary N) is 1. The van der Waals surface area contributed by atoms with Crippen LogP contribution < -0.4 is 10.1 Å². The lowest BCUT2D eigenvalue weighted by atomic mass is 9.74. The highest BCUT2D eigenvalue weighted by Crippen LogP contribution is 2.34. The predicted molar refractivity (Wildman–Crippen MR) is 114 cm³/mol. The third kappa shape index (κ3) is 5.07. The van der Waals surface area contributed by atoms with Gasteiger partial charge in [0.05, 0.1) is 7.11 Å². The number of ether oxygens (including phenoxy) is 2. The number of guanidine groups is 1. The van der Waals surface area contributed by atoms with E-state index in [0.717, 1.165) is 35.7 Å². The van der Waals surface area contributed by atoms with Crippen molar-refractivity contribution in [3.8, 4) is 5.75 Å². The molecule has 0 unspecified atom stereocenters. The summed E-state index contributed by atoms with van der Waals surface area (Å²) in [4.78, 5) is 6.52. The van der Waals surface area contributed by atoms with Gasteiger partial charge in [-0.1, -0.05) is 30.3 Å². The molecule has 3 rings (SSSR count). The molecule has 29 heavy (non-hydrogen) atoms. The number of methoxy groups -OCH3 is 1. The van der Waals surface area contributed by atoms with Gasteiger partial charge in [-0.3, -0.25) is 4.99 Å². The molecule has 2 aromatic rings. The average molecular weight is 400 g/mol. The summed E-state index contributed by atoms with van der Waals surface area (Å²) in [6.45, 7) is 2.68. The second-order valence-electron chi connectivity index (χ2n) is 7.47. The van der Waals surface area contributed by atoms with Gasteiger partial charge < -0.3 is 19.7 Å². The van der Waals surface area contributed by atoms with Crippen molar-refractivity contribution in [3.63, 3.8) is 0 Å². The second kappa shape index (κ2) is 9.74. The minimum atomic E-state index is -0.203. The average Bonchev–Trinajstić information content (AvgIpc) is 2.75. The van der Waals surface area contributed by atoms with Gasteiger partial charge in [0.25, 0.3) is 0 Å². The van der Waals surface area contributed by atoms with Gasteiger partial charge in [0, 0.05) is 51.4 Å². The van der Waals surface area contributed by atoms with Crippen LogP contribution in [0.3, 0.4) is 0 Å². The molecule has 1 saturated heterocycles. The maximum atomic E-state index is 13.9. The lowest BCUT2D eigenvalue weighted by molar-refractivity contribution is 0.0511. The highest BCUT2D eigenvalue weighted by molar-refractivity contribution is 5.79. The molecule has 1 aliphatic rings. The molecule has 0 aliphatic carbocycles. The summed E-state index contributed by atoms with van der Waals surface area (Å²) in [6.07, 6.45) is 1.69. The van der Waals surface area contributed by atoms with Crippen LogP contribution in [0.4, 0.5) is 4.39 Å². The zero-order valence-electron chi connectivity index (χ0n) is 17.5. The van der Waals surface area contributed by atoms with Crippen molar-refractivity contribution in [2.24, 2.45) is 4.99 Å². The topological polar surface area (TPSA) is 46.1 Å². The van der Waals surface area contributed by atoms with Crippen molar-refractivity contribution >= 4 is 5.96 Å². The third-order valence-corrected chi connectivity index (χ3v) is 5.65. The number of nitrogens with zero attached hydrogens (tertiary/aromatic N) is 2. The molecule has 1 heterocycles. The molecular weight excluding hydrogens is 369 g/mol. The highest BCUT2D eigenvalue weighted by Gasteiger charge is 2.35. The Bertz CT molecular complexity index is 834. The van der Waals surface area contributed by atoms with Crippen molar-refractivity contribution in [2.45, 2.75) is 24.8 Å². The summed E-state index contributed by atoms with van der Waals surface area (Å²) in [5.74, 6) is 1.44. The molecule has 1 N–H and O–H groups in total. The lowest BCUT2D eigenvalue weighted by Gasteiger charge is -2.39. The molecule has 0 bridgehead atoms. The quantitative estimate of drug-likeness (QED) is 0.596. The van der Waals surface area contributed by atoms with E-state index in [1.807, 2.05) is 31.3 Å². The first-order valence-corrected chi connectivity index (χ1v) is 9.95. The normalized spacial score (nSPS) is 16.3. The molecule has 6 heteroatoms. The Morgan fingerprint density at radius 1 is 1.21 bits per heavy atom. The largest absolute Gasteiger partial charge is 0.496 e. The predicted octanol–water partition coefficient (Wildman–Crippen LogP) is 3.59. The first kappa shape index (κ1) is 21.1. The molecule has 0 atom stereocenters. The van der Waals surface area contributed by atoms with E-state index in [2.05, 4.69) is 21.3 Å². The van der Waals surface area contributed by atoms with Crippen molar-refractivity contribution in [1.29, 1.82) is 0 Å². The summed E-state index contributed by atoms with van der Waals surface area (Å²) in [5.41, 5.74) is 1.92. The number of aliphatic imine (C=N–C) groups is 1. The van der Waals surface area contributed by atoms with E-state index in [9.17, 15) is 4.39 Å². The number of halogens is 1. The Labute approximate surface area is 172 Å². The minimum Gasteiger partial charge on any atom is -0.496 e. The molecule has 1 aliphatic heterocycles. The molecule has 1 fully saturated rings.